The molecule has 0 atom stereocenters. The zero-order valence-corrected chi connectivity index (χ0v) is 19.6. The second kappa shape index (κ2) is 11.7. The molecule has 16 heteroatoms. The van der Waals surface area contributed by atoms with Crippen LogP contribution in [-0.4, -0.2) is 79.0 Å². The first kappa shape index (κ1) is 28.0. The first-order valence-electron chi connectivity index (χ1n) is 11.0. The van der Waals surface area contributed by atoms with Crippen molar-refractivity contribution in [1.29, 1.82) is 0 Å². The van der Waals surface area contributed by atoms with Gasteiger partial charge in [-0.2, -0.15) is 31.4 Å². The highest BCUT2D eigenvalue weighted by Crippen LogP contribution is 2.35. The molecule has 3 heterocycles. The van der Waals surface area contributed by atoms with Gasteiger partial charge < -0.3 is 24.6 Å². The number of ether oxygens (including phenoxy) is 2. The maximum atomic E-state index is 13.0. The molecule has 0 aliphatic carbocycles. The number of aromatic amines is 1. The molecule has 1 saturated heterocycles. The third kappa shape index (κ3) is 7.24. The van der Waals surface area contributed by atoms with Crippen LogP contribution >= 0.6 is 0 Å². The lowest BCUT2D eigenvalue weighted by Gasteiger charge is -2.36. The number of nitrogens with one attached hydrogen (secondary N) is 2. The van der Waals surface area contributed by atoms with E-state index < -0.39 is 34.7 Å². The number of methoxy groups -OCH3 is 1. The summed E-state index contributed by atoms with van der Waals surface area (Å²) in [6, 6.07) is 0.877. The highest BCUT2D eigenvalue weighted by Gasteiger charge is 2.37. The molecule has 204 valence electrons. The number of pyridine rings is 1. The SMILES string of the molecule is COc1cc(C(F)(F)F)cnc1N1CCN(C(=O)CCOCCNc2cn[nH]c(=O)c2C(F)(F)F)CC1. The molecule has 1 aliphatic rings. The summed E-state index contributed by atoms with van der Waals surface area (Å²) in [5, 5.41) is 7.53. The van der Waals surface area contributed by atoms with E-state index in [0.29, 0.717) is 26.2 Å². The quantitative estimate of drug-likeness (QED) is 0.370. The largest absolute Gasteiger partial charge is 0.493 e. The number of aromatic nitrogens is 3. The summed E-state index contributed by atoms with van der Waals surface area (Å²) in [4.78, 5) is 31.1. The molecule has 37 heavy (non-hydrogen) atoms. The number of rotatable bonds is 9. The molecule has 2 aromatic heterocycles. The summed E-state index contributed by atoms with van der Waals surface area (Å²) in [5.74, 6) is 0.0238. The van der Waals surface area contributed by atoms with Gasteiger partial charge in [0.2, 0.25) is 5.91 Å². The highest BCUT2D eigenvalue weighted by molar-refractivity contribution is 5.76. The number of nitrogens with zero attached hydrogens (tertiary/aromatic N) is 4. The van der Waals surface area contributed by atoms with Crippen molar-refractivity contribution in [2.24, 2.45) is 0 Å². The van der Waals surface area contributed by atoms with Gasteiger partial charge in [0, 0.05) is 38.9 Å². The van der Waals surface area contributed by atoms with E-state index >= 15 is 0 Å². The molecule has 10 nitrogen and oxygen atoms in total. The van der Waals surface area contributed by atoms with Gasteiger partial charge in [-0.15, -0.1) is 0 Å². The first-order chi connectivity index (χ1) is 17.4. The van der Waals surface area contributed by atoms with Gasteiger partial charge in [0.25, 0.3) is 5.56 Å². The molecular weight excluding hydrogens is 514 g/mol. The lowest BCUT2D eigenvalue weighted by molar-refractivity contribution is -0.138. The summed E-state index contributed by atoms with van der Waals surface area (Å²) in [7, 11) is 1.25. The van der Waals surface area contributed by atoms with E-state index in [1.54, 1.807) is 14.9 Å². The second-order valence-electron chi connectivity index (χ2n) is 7.89. The van der Waals surface area contributed by atoms with Gasteiger partial charge in [0.15, 0.2) is 11.6 Å². The van der Waals surface area contributed by atoms with Crippen LogP contribution in [0.2, 0.25) is 0 Å². The Hall–Kier alpha value is -3.56. The van der Waals surface area contributed by atoms with Gasteiger partial charge in [0.1, 0.15) is 5.56 Å². The number of piperazine rings is 1. The van der Waals surface area contributed by atoms with E-state index in [4.69, 9.17) is 9.47 Å². The Morgan fingerprint density at radius 3 is 2.41 bits per heavy atom. The van der Waals surface area contributed by atoms with Crippen LogP contribution in [0.1, 0.15) is 17.5 Å². The number of carbonyl (C=O) groups excluding carboxylic acids is 1. The highest BCUT2D eigenvalue weighted by atomic mass is 19.4. The van der Waals surface area contributed by atoms with Crippen molar-refractivity contribution in [2.75, 3.05) is 63.3 Å². The number of hydrogen-bond donors (Lipinski definition) is 2. The summed E-state index contributed by atoms with van der Waals surface area (Å²) >= 11 is 0. The fraction of sp³-hybridized carbons (Fsp3) is 0.524. The number of halogens is 6. The van der Waals surface area contributed by atoms with Crippen molar-refractivity contribution >= 4 is 17.4 Å². The zero-order valence-electron chi connectivity index (χ0n) is 19.6. The number of H-pyrrole nitrogens is 1. The standard InChI is InChI=1S/C21H24F6N6O4/c1-36-15-10-13(20(22,23)24)11-29-18(15)33-6-4-32(5-7-33)16(34)2-8-37-9-3-28-14-12-30-31-19(35)17(14)21(25,26)27/h10-12H,2-9H2,1H3,(H2,28,31,35). The van der Waals surface area contributed by atoms with Crippen LogP contribution < -0.4 is 20.5 Å². The Morgan fingerprint density at radius 1 is 1.08 bits per heavy atom. The van der Waals surface area contributed by atoms with Crippen LogP contribution in [0.4, 0.5) is 37.8 Å². The van der Waals surface area contributed by atoms with Crippen LogP contribution in [0.15, 0.2) is 23.3 Å². The van der Waals surface area contributed by atoms with Crippen molar-refractivity contribution in [3.63, 3.8) is 0 Å². The van der Waals surface area contributed by atoms with Crippen molar-refractivity contribution in [1.82, 2.24) is 20.1 Å². The summed E-state index contributed by atoms with van der Waals surface area (Å²) in [6.07, 6.45) is -7.79. The molecule has 0 radical (unpaired) electrons. The number of amides is 1. The minimum atomic E-state index is -4.86. The van der Waals surface area contributed by atoms with Gasteiger partial charge in [-0.25, -0.2) is 10.1 Å². The predicted molar refractivity (Wildman–Crippen MR) is 118 cm³/mol. The molecule has 1 aliphatic heterocycles. The number of anilines is 2. The van der Waals surface area contributed by atoms with E-state index in [-0.39, 0.29) is 43.7 Å². The molecule has 0 saturated carbocycles. The van der Waals surface area contributed by atoms with Crippen LogP contribution in [0.25, 0.3) is 0 Å². The minimum absolute atomic E-state index is 0.0187. The summed E-state index contributed by atoms with van der Waals surface area (Å²) in [6.45, 7) is 1.22. The molecule has 0 bridgehead atoms. The van der Waals surface area contributed by atoms with Crippen molar-refractivity contribution in [3.8, 4) is 5.75 Å². The topological polar surface area (TPSA) is 113 Å². The van der Waals surface area contributed by atoms with E-state index in [0.717, 1.165) is 18.5 Å². The number of alkyl halides is 6. The second-order valence-corrected chi connectivity index (χ2v) is 7.89. The van der Waals surface area contributed by atoms with Gasteiger partial charge in [-0.3, -0.25) is 9.59 Å². The monoisotopic (exact) mass is 538 g/mol. The fourth-order valence-corrected chi connectivity index (χ4v) is 3.64. The van der Waals surface area contributed by atoms with Crippen LogP contribution in [0, 0.1) is 0 Å². The van der Waals surface area contributed by atoms with Crippen molar-refractivity contribution in [3.05, 3.63) is 39.9 Å². The Labute approximate surface area is 206 Å². The fourth-order valence-electron chi connectivity index (χ4n) is 3.64. The average molecular weight is 538 g/mol. The van der Waals surface area contributed by atoms with Gasteiger partial charge in [-0.1, -0.05) is 0 Å². The zero-order chi connectivity index (χ0) is 27.2. The van der Waals surface area contributed by atoms with Gasteiger partial charge in [-0.05, 0) is 6.07 Å². The Kier molecular flexibility index (Phi) is 8.83. The predicted octanol–water partition coefficient (Wildman–Crippen LogP) is 2.38. The maximum absolute atomic E-state index is 13.0. The smallest absolute Gasteiger partial charge is 0.423 e. The number of carbonyl (C=O) groups is 1. The molecule has 0 aromatic carbocycles. The van der Waals surface area contributed by atoms with E-state index in [9.17, 15) is 35.9 Å². The molecule has 3 rings (SSSR count). The molecular formula is C21H24F6N6O4. The molecule has 0 spiro atoms. The van der Waals surface area contributed by atoms with E-state index in [1.165, 1.54) is 7.11 Å². The minimum Gasteiger partial charge on any atom is -0.493 e. The normalized spacial score (nSPS) is 14.6. The van der Waals surface area contributed by atoms with Gasteiger partial charge >= 0.3 is 12.4 Å². The van der Waals surface area contributed by atoms with Crippen LogP contribution in [0.3, 0.4) is 0 Å². The lowest BCUT2D eigenvalue weighted by Crippen LogP contribution is -2.49. The third-order valence-corrected chi connectivity index (χ3v) is 5.47. The molecule has 2 aromatic rings. The van der Waals surface area contributed by atoms with E-state index in [1.807, 2.05) is 0 Å². The lowest BCUT2D eigenvalue weighted by atomic mass is 10.2. The van der Waals surface area contributed by atoms with E-state index in [2.05, 4.69) is 15.4 Å². The van der Waals surface area contributed by atoms with Crippen molar-refractivity contribution in [2.45, 2.75) is 18.8 Å². The Balaban J connectivity index is 1.41. The summed E-state index contributed by atoms with van der Waals surface area (Å²) < 4.78 is 88.1. The third-order valence-electron chi connectivity index (χ3n) is 5.47. The average Bonchev–Trinajstić information content (AvgIpc) is 2.84. The Bertz CT molecular complexity index is 1130. The molecule has 1 amide bonds. The van der Waals surface area contributed by atoms with Crippen LogP contribution in [-0.2, 0) is 21.9 Å². The number of hydrogen-bond acceptors (Lipinski definition) is 8. The van der Waals surface area contributed by atoms with Crippen LogP contribution in [0.5, 0.6) is 5.75 Å². The summed E-state index contributed by atoms with van der Waals surface area (Å²) in [5.41, 5.74) is -4.16. The maximum Gasteiger partial charge on any atom is 0.423 e. The molecule has 1 fully saturated rings. The Morgan fingerprint density at radius 2 is 1.78 bits per heavy atom. The molecule has 2 N–H and O–H groups in total. The van der Waals surface area contributed by atoms with Gasteiger partial charge in [0.05, 0.1) is 44.2 Å². The molecule has 0 unspecified atom stereocenters. The first-order valence-corrected chi connectivity index (χ1v) is 11.0. The van der Waals surface area contributed by atoms with Crippen molar-refractivity contribution < 1.29 is 40.6 Å².